The van der Waals surface area contributed by atoms with Crippen LogP contribution in [0.4, 0.5) is 18.9 Å². The van der Waals surface area contributed by atoms with Gasteiger partial charge in [-0.05, 0) is 36.8 Å². The SMILES string of the molecule is CC(=O)Nc1cccc(C(C)NC(=O)c2ccc(C(F)(F)F)nc2)c1. The van der Waals surface area contributed by atoms with Crippen molar-refractivity contribution >= 4 is 17.5 Å². The average Bonchev–Trinajstić information content (AvgIpc) is 2.53. The molecule has 0 aliphatic carbocycles. The van der Waals surface area contributed by atoms with Gasteiger partial charge in [0.1, 0.15) is 5.69 Å². The maximum atomic E-state index is 12.5. The van der Waals surface area contributed by atoms with Crippen LogP contribution in [0.3, 0.4) is 0 Å². The normalized spacial score (nSPS) is 12.4. The number of nitrogens with one attached hydrogen (secondary N) is 2. The molecule has 0 aliphatic heterocycles. The fourth-order valence-corrected chi connectivity index (χ4v) is 2.15. The molecule has 2 rings (SSSR count). The molecule has 5 nitrogen and oxygen atoms in total. The van der Waals surface area contributed by atoms with Gasteiger partial charge < -0.3 is 10.6 Å². The highest BCUT2D eigenvalue weighted by atomic mass is 19.4. The largest absolute Gasteiger partial charge is 0.433 e. The topological polar surface area (TPSA) is 71.1 Å². The highest BCUT2D eigenvalue weighted by Crippen LogP contribution is 2.27. The van der Waals surface area contributed by atoms with Crippen LogP contribution in [0.25, 0.3) is 0 Å². The Labute approximate surface area is 142 Å². The lowest BCUT2D eigenvalue weighted by Crippen LogP contribution is -2.27. The molecule has 0 aliphatic rings. The third-order valence-electron chi connectivity index (χ3n) is 3.37. The molecule has 2 aromatic rings. The number of halogens is 3. The second kappa shape index (κ2) is 7.33. The first kappa shape index (κ1) is 18.4. The second-order valence-corrected chi connectivity index (χ2v) is 5.43. The number of benzene rings is 1. The summed E-state index contributed by atoms with van der Waals surface area (Å²) in [4.78, 5) is 26.5. The van der Waals surface area contributed by atoms with Crippen LogP contribution in [-0.2, 0) is 11.0 Å². The molecule has 1 heterocycles. The molecule has 0 saturated carbocycles. The molecule has 0 spiro atoms. The standard InChI is InChI=1S/C17H16F3N3O2/c1-10(12-4-3-5-14(8-12)23-11(2)24)22-16(25)13-6-7-15(21-9-13)17(18,19)20/h3-10H,1-2H3,(H,22,25)(H,23,24). The average molecular weight is 351 g/mol. The molecule has 1 atom stereocenters. The van der Waals surface area contributed by atoms with E-state index in [1.165, 1.54) is 6.92 Å². The third-order valence-corrected chi connectivity index (χ3v) is 3.37. The molecule has 2 amide bonds. The lowest BCUT2D eigenvalue weighted by Gasteiger charge is -2.16. The van der Waals surface area contributed by atoms with Crippen LogP contribution in [0.15, 0.2) is 42.6 Å². The minimum Gasteiger partial charge on any atom is -0.345 e. The smallest absolute Gasteiger partial charge is 0.345 e. The molecule has 2 N–H and O–H groups in total. The van der Waals surface area contributed by atoms with E-state index in [0.717, 1.165) is 23.9 Å². The first-order valence-electron chi connectivity index (χ1n) is 7.38. The Hall–Kier alpha value is -2.90. The molecule has 0 saturated heterocycles. The number of nitrogens with zero attached hydrogens (tertiary/aromatic N) is 1. The second-order valence-electron chi connectivity index (χ2n) is 5.43. The van der Waals surface area contributed by atoms with Gasteiger partial charge in [-0.25, -0.2) is 0 Å². The lowest BCUT2D eigenvalue weighted by atomic mass is 10.1. The summed E-state index contributed by atoms with van der Waals surface area (Å²) < 4.78 is 37.5. The number of aromatic nitrogens is 1. The van der Waals surface area contributed by atoms with E-state index in [2.05, 4.69) is 15.6 Å². The quantitative estimate of drug-likeness (QED) is 0.885. The van der Waals surface area contributed by atoms with E-state index in [0.29, 0.717) is 5.69 Å². The maximum absolute atomic E-state index is 12.5. The molecule has 0 bridgehead atoms. The zero-order chi connectivity index (χ0) is 18.6. The molecule has 0 fully saturated rings. The number of anilines is 1. The van der Waals surface area contributed by atoms with Crippen molar-refractivity contribution in [2.75, 3.05) is 5.32 Å². The van der Waals surface area contributed by atoms with Crippen molar-refractivity contribution < 1.29 is 22.8 Å². The number of pyridine rings is 1. The Bertz CT molecular complexity index is 773. The van der Waals surface area contributed by atoms with Crippen molar-refractivity contribution in [2.24, 2.45) is 0 Å². The van der Waals surface area contributed by atoms with Crippen LogP contribution in [0.1, 0.15) is 41.5 Å². The van der Waals surface area contributed by atoms with Crippen LogP contribution < -0.4 is 10.6 Å². The van der Waals surface area contributed by atoms with E-state index in [1.54, 1.807) is 31.2 Å². The number of hydrogen-bond acceptors (Lipinski definition) is 3. The van der Waals surface area contributed by atoms with E-state index in [4.69, 9.17) is 0 Å². The summed E-state index contributed by atoms with van der Waals surface area (Å²) in [5.74, 6) is -0.761. The molecule has 25 heavy (non-hydrogen) atoms. The number of carbonyl (C=O) groups excluding carboxylic acids is 2. The molecule has 1 aromatic carbocycles. The third kappa shape index (κ3) is 5.03. The Balaban J connectivity index is 2.08. The monoisotopic (exact) mass is 351 g/mol. The Morgan fingerprint density at radius 3 is 2.44 bits per heavy atom. The number of rotatable bonds is 4. The Morgan fingerprint density at radius 1 is 1.16 bits per heavy atom. The van der Waals surface area contributed by atoms with E-state index >= 15 is 0 Å². The predicted octanol–water partition coefficient (Wildman–Crippen LogP) is 3.55. The number of carbonyl (C=O) groups is 2. The van der Waals surface area contributed by atoms with Gasteiger partial charge in [0, 0.05) is 18.8 Å². The van der Waals surface area contributed by atoms with Crippen molar-refractivity contribution in [3.05, 3.63) is 59.4 Å². The summed E-state index contributed by atoms with van der Waals surface area (Å²) in [6.07, 6.45) is -3.66. The summed E-state index contributed by atoms with van der Waals surface area (Å²) in [6, 6.07) is 8.33. The van der Waals surface area contributed by atoms with Gasteiger partial charge in [-0.1, -0.05) is 12.1 Å². The van der Waals surface area contributed by atoms with Gasteiger partial charge in [-0.15, -0.1) is 0 Å². The van der Waals surface area contributed by atoms with Gasteiger partial charge in [-0.3, -0.25) is 14.6 Å². The Kier molecular flexibility index (Phi) is 5.41. The fraction of sp³-hybridized carbons (Fsp3) is 0.235. The molecular weight excluding hydrogens is 335 g/mol. The van der Waals surface area contributed by atoms with Crippen molar-refractivity contribution in [1.82, 2.24) is 10.3 Å². The highest BCUT2D eigenvalue weighted by molar-refractivity contribution is 5.94. The summed E-state index contributed by atoms with van der Waals surface area (Å²) in [6.45, 7) is 3.11. The zero-order valence-corrected chi connectivity index (χ0v) is 13.5. The summed E-state index contributed by atoms with van der Waals surface area (Å²) in [5, 5.41) is 5.32. The van der Waals surface area contributed by atoms with Gasteiger partial charge in [0.05, 0.1) is 11.6 Å². The molecule has 8 heteroatoms. The van der Waals surface area contributed by atoms with Crippen molar-refractivity contribution in [3.8, 4) is 0 Å². The van der Waals surface area contributed by atoms with Gasteiger partial charge in [0.2, 0.25) is 5.91 Å². The number of amides is 2. The number of hydrogen-bond donors (Lipinski definition) is 2. The van der Waals surface area contributed by atoms with Gasteiger partial charge in [-0.2, -0.15) is 13.2 Å². The first-order valence-corrected chi connectivity index (χ1v) is 7.38. The van der Waals surface area contributed by atoms with E-state index in [1.807, 2.05) is 0 Å². The molecular formula is C17H16F3N3O2. The fourth-order valence-electron chi connectivity index (χ4n) is 2.15. The van der Waals surface area contributed by atoms with Gasteiger partial charge in [0.15, 0.2) is 0 Å². The van der Waals surface area contributed by atoms with Crippen LogP contribution in [0.2, 0.25) is 0 Å². The van der Waals surface area contributed by atoms with E-state index in [-0.39, 0.29) is 11.5 Å². The molecule has 1 unspecified atom stereocenters. The minimum absolute atomic E-state index is 0.0258. The molecule has 0 radical (unpaired) electrons. The summed E-state index contributed by atoms with van der Waals surface area (Å²) >= 11 is 0. The van der Waals surface area contributed by atoms with Crippen LogP contribution in [0, 0.1) is 0 Å². The summed E-state index contributed by atoms with van der Waals surface area (Å²) in [7, 11) is 0. The van der Waals surface area contributed by atoms with Crippen molar-refractivity contribution in [1.29, 1.82) is 0 Å². The van der Waals surface area contributed by atoms with Gasteiger partial charge >= 0.3 is 6.18 Å². The van der Waals surface area contributed by atoms with Crippen LogP contribution in [0.5, 0.6) is 0 Å². The Morgan fingerprint density at radius 2 is 1.88 bits per heavy atom. The highest BCUT2D eigenvalue weighted by Gasteiger charge is 2.32. The molecule has 1 aromatic heterocycles. The van der Waals surface area contributed by atoms with Crippen LogP contribution in [-0.4, -0.2) is 16.8 Å². The predicted molar refractivity (Wildman–Crippen MR) is 85.9 cm³/mol. The van der Waals surface area contributed by atoms with E-state index in [9.17, 15) is 22.8 Å². The lowest BCUT2D eigenvalue weighted by molar-refractivity contribution is -0.141. The van der Waals surface area contributed by atoms with Crippen molar-refractivity contribution in [2.45, 2.75) is 26.1 Å². The number of alkyl halides is 3. The maximum Gasteiger partial charge on any atom is 0.433 e. The zero-order valence-electron chi connectivity index (χ0n) is 13.5. The molecule has 132 valence electrons. The minimum atomic E-state index is -4.55. The first-order chi connectivity index (χ1) is 11.7. The van der Waals surface area contributed by atoms with Crippen molar-refractivity contribution in [3.63, 3.8) is 0 Å². The van der Waals surface area contributed by atoms with Gasteiger partial charge in [0.25, 0.3) is 5.91 Å². The van der Waals surface area contributed by atoms with E-state index < -0.39 is 23.8 Å². The van der Waals surface area contributed by atoms with Crippen LogP contribution >= 0.6 is 0 Å². The summed E-state index contributed by atoms with van der Waals surface area (Å²) in [5.41, 5.74) is 0.291.